The summed E-state index contributed by atoms with van der Waals surface area (Å²) in [4.78, 5) is 12.2. The van der Waals surface area contributed by atoms with Gasteiger partial charge in [-0.25, -0.2) is 0 Å². The molecule has 21 heavy (non-hydrogen) atoms. The Labute approximate surface area is 126 Å². The second-order valence-corrected chi connectivity index (χ2v) is 6.93. The summed E-state index contributed by atoms with van der Waals surface area (Å²) in [7, 11) is 1.83. The van der Waals surface area contributed by atoms with E-state index in [9.17, 15) is 4.79 Å². The predicted octanol–water partition coefficient (Wildman–Crippen LogP) is 1.45. The Morgan fingerprint density at radius 1 is 1.52 bits per heavy atom. The number of anilines is 1. The van der Waals surface area contributed by atoms with E-state index in [0.717, 1.165) is 25.0 Å². The normalized spacial score (nSPS) is 22.5. The Morgan fingerprint density at radius 2 is 2.24 bits per heavy atom. The van der Waals surface area contributed by atoms with E-state index in [4.69, 9.17) is 10.5 Å². The first-order valence-corrected chi connectivity index (χ1v) is 7.48. The second-order valence-electron chi connectivity index (χ2n) is 6.93. The van der Waals surface area contributed by atoms with Gasteiger partial charge in [0.25, 0.3) is 5.91 Å². The molecule has 1 aliphatic heterocycles. The smallest absolute Gasteiger partial charge is 0.254 e. The van der Waals surface area contributed by atoms with Crippen molar-refractivity contribution in [2.45, 2.75) is 52.2 Å². The Morgan fingerprint density at radius 3 is 2.81 bits per heavy atom. The van der Waals surface area contributed by atoms with Gasteiger partial charge in [-0.15, -0.1) is 0 Å². The van der Waals surface area contributed by atoms with Crippen LogP contribution in [0.5, 0.6) is 0 Å². The monoisotopic (exact) mass is 294 g/mol. The number of carbonyl (C=O) groups is 1. The van der Waals surface area contributed by atoms with Crippen molar-refractivity contribution < 1.29 is 9.53 Å². The minimum atomic E-state index is -0.403. The molecule has 6 nitrogen and oxygen atoms in total. The number of carbonyl (C=O) groups excluding carboxylic acids is 1. The molecule has 6 heteroatoms. The van der Waals surface area contributed by atoms with E-state index >= 15 is 0 Å². The molecule has 0 unspecified atom stereocenters. The number of aromatic nitrogens is 2. The van der Waals surface area contributed by atoms with Crippen LogP contribution < -0.4 is 11.1 Å². The van der Waals surface area contributed by atoms with Crippen LogP contribution in [-0.2, 0) is 23.0 Å². The molecule has 2 heterocycles. The second kappa shape index (κ2) is 6.15. The molecule has 1 amide bonds. The third-order valence-corrected chi connectivity index (χ3v) is 3.56. The first-order chi connectivity index (χ1) is 9.78. The number of amides is 1. The molecule has 1 fully saturated rings. The molecule has 118 valence electrons. The summed E-state index contributed by atoms with van der Waals surface area (Å²) in [5, 5.41) is 7.35. The number of nitrogens with zero attached hydrogens (tertiary/aromatic N) is 2. The maximum Gasteiger partial charge on any atom is 0.254 e. The Balaban J connectivity index is 1.98. The van der Waals surface area contributed by atoms with Crippen molar-refractivity contribution in [1.29, 1.82) is 0 Å². The number of nitrogens with two attached hydrogens (primary N) is 1. The number of hydrogen-bond donors (Lipinski definition) is 2. The van der Waals surface area contributed by atoms with Gasteiger partial charge in [0.15, 0.2) is 0 Å². The maximum atomic E-state index is 12.2. The number of ether oxygens (including phenoxy) is 1. The lowest BCUT2D eigenvalue weighted by atomic mass is 9.91. The number of hydrogen-bond acceptors (Lipinski definition) is 4. The molecule has 1 aliphatic rings. The highest BCUT2D eigenvalue weighted by Gasteiger charge is 2.30. The summed E-state index contributed by atoms with van der Waals surface area (Å²) in [6.07, 6.45) is 2.03. The highest BCUT2D eigenvalue weighted by atomic mass is 16.5. The van der Waals surface area contributed by atoms with Crippen molar-refractivity contribution in [2.24, 2.45) is 18.2 Å². The molecule has 0 aliphatic carbocycles. The van der Waals surface area contributed by atoms with Crippen LogP contribution in [-0.4, -0.2) is 34.4 Å². The summed E-state index contributed by atoms with van der Waals surface area (Å²) in [6, 6.07) is 1.93. The van der Waals surface area contributed by atoms with Crippen LogP contribution >= 0.6 is 0 Å². The third-order valence-electron chi connectivity index (χ3n) is 3.56. The standard InChI is InChI=1S/C15H26N4O2/c1-15(2,3)8-10-7-13(19(4)18-10)17-14(20)12-6-5-11(9-16)21-12/h7,11-12H,5-6,8-9,16H2,1-4H3,(H,17,20)/t11-,12+/m1/s1. The van der Waals surface area contributed by atoms with Crippen molar-refractivity contribution >= 4 is 11.7 Å². The van der Waals surface area contributed by atoms with Gasteiger partial charge >= 0.3 is 0 Å². The highest BCUT2D eigenvalue weighted by molar-refractivity contribution is 5.93. The zero-order valence-corrected chi connectivity index (χ0v) is 13.3. The van der Waals surface area contributed by atoms with Crippen molar-refractivity contribution in [2.75, 3.05) is 11.9 Å². The number of nitrogens with one attached hydrogen (secondary N) is 1. The van der Waals surface area contributed by atoms with Gasteiger partial charge in [-0.05, 0) is 24.7 Å². The van der Waals surface area contributed by atoms with E-state index in [-0.39, 0.29) is 17.4 Å². The highest BCUT2D eigenvalue weighted by Crippen LogP contribution is 2.23. The topological polar surface area (TPSA) is 82.2 Å². The lowest BCUT2D eigenvalue weighted by Gasteiger charge is -2.15. The van der Waals surface area contributed by atoms with E-state index < -0.39 is 6.10 Å². The molecule has 0 bridgehead atoms. The fourth-order valence-electron chi connectivity index (χ4n) is 2.55. The van der Waals surface area contributed by atoms with Crippen LogP contribution in [0, 0.1) is 5.41 Å². The molecule has 2 rings (SSSR count). The zero-order valence-electron chi connectivity index (χ0n) is 13.3. The predicted molar refractivity (Wildman–Crippen MR) is 81.9 cm³/mol. The molecule has 1 aromatic heterocycles. The van der Waals surface area contributed by atoms with E-state index in [1.807, 2.05) is 13.1 Å². The molecule has 3 N–H and O–H groups in total. The fourth-order valence-corrected chi connectivity index (χ4v) is 2.55. The zero-order chi connectivity index (χ0) is 15.6. The van der Waals surface area contributed by atoms with Crippen LogP contribution in [0.25, 0.3) is 0 Å². The Kier molecular flexibility index (Phi) is 4.68. The summed E-state index contributed by atoms with van der Waals surface area (Å²) in [5.41, 5.74) is 6.71. The van der Waals surface area contributed by atoms with E-state index in [1.54, 1.807) is 4.68 Å². The Bertz CT molecular complexity index is 504. The summed E-state index contributed by atoms with van der Waals surface area (Å²) < 4.78 is 7.31. The number of rotatable bonds is 4. The van der Waals surface area contributed by atoms with Crippen LogP contribution in [0.3, 0.4) is 0 Å². The molecule has 0 spiro atoms. The summed E-state index contributed by atoms with van der Waals surface area (Å²) >= 11 is 0. The third kappa shape index (κ3) is 4.28. The van der Waals surface area contributed by atoms with Gasteiger partial charge < -0.3 is 15.8 Å². The molecule has 1 saturated heterocycles. The van der Waals surface area contributed by atoms with Crippen molar-refractivity contribution in [1.82, 2.24) is 9.78 Å². The molecule has 0 aromatic carbocycles. The fraction of sp³-hybridized carbons (Fsp3) is 0.733. The average Bonchev–Trinajstić information content (AvgIpc) is 2.95. The van der Waals surface area contributed by atoms with Gasteiger partial charge in [-0.2, -0.15) is 5.10 Å². The van der Waals surface area contributed by atoms with Crippen LogP contribution in [0.2, 0.25) is 0 Å². The molecular weight excluding hydrogens is 268 g/mol. The molecule has 0 saturated carbocycles. The molecule has 0 radical (unpaired) electrons. The van der Waals surface area contributed by atoms with Crippen molar-refractivity contribution in [3.63, 3.8) is 0 Å². The van der Waals surface area contributed by atoms with E-state index in [0.29, 0.717) is 12.4 Å². The largest absolute Gasteiger partial charge is 0.364 e. The SMILES string of the molecule is Cn1nc(CC(C)(C)C)cc1NC(=O)[C@@H]1CC[C@H](CN)O1. The quantitative estimate of drug-likeness (QED) is 0.880. The first-order valence-electron chi connectivity index (χ1n) is 7.48. The molecule has 1 aromatic rings. The minimum absolute atomic E-state index is 0.00346. The van der Waals surface area contributed by atoms with Gasteiger partial charge in [0.2, 0.25) is 0 Å². The summed E-state index contributed by atoms with van der Waals surface area (Å²) in [6.45, 7) is 6.96. The molecule has 2 atom stereocenters. The maximum absolute atomic E-state index is 12.2. The lowest BCUT2D eigenvalue weighted by molar-refractivity contribution is -0.126. The van der Waals surface area contributed by atoms with Crippen molar-refractivity contribution in [3.05, 3.63) is 11.8 Å². The van der Waals surface area contributed by atoms with E-state index in [1.165, 1.54) is 0 Å². The van der Waals surface area contributed by atoms with Crippen molar-refractivity contribution in [3.8, 4) is 0 Å². The molecular formula is C15H26N4O2. The van der Waals surface area contributed by atoms with Crippen LogP contribution in [0.15, 0.2) is 6.07 Å². The van der Waals surface area contributed by atoms with Gasteiger partial charge in [0.05, 0.1) is 11.8 Å². The minimum Gasteiger partial charge on any atom is -0.364 e. The Hall–Kier alpha value is -1.40. The van der Waals surface area contributed by atoms with Gasteiger partial charge in [0, 0.05) is 19.7 Å². The van der Waals surface area contributed by atoms with Crippen LogP contribution in [0.1, 0.15) is 39.3 Å². The van der Waals surface area contributed by atoms with Gasteiger partial charge in [-0.1, -0.05) is 20.8 Å². The van der Waals surface area contributed by atoms with E-state index in [2.05, 4.69) is 31.2 Å². The lowest BCUT2D eigenvalue weighted by Crippen LogP contribution is -2.30. The summed E-state index contributed by atoms with van der Waals surface area (Å²) in [5.74, 6) is 0.593. The van der Waals surface area contributed by atoms with Gasteiger partial charge in [-0.3, -0.25) is 9.48 Å². The first kappa shape index (κ1) is 16.0. The van der Waals surface area contributed by atoms with Gasteiger partial charge in [0.1, 0.15) is 11.9 Å². The van der Waals surface area contributed by atoms with Crippen LogP contribution in [0.4, 0.5) is 5.82 Å². The number of aryl methyl sites for hydroxylation is 1. The average molecular weight is 294 g/mol.